The molecular formula is C17H28N2OS. The first kappa shape index (κ1) is 18.1. The van der Waals surface area contributed by atoms with Crippen LogP contribution in [0.4, 0.5) is 0 Å². The molecule has 3 nitrogen and oxygen atoms in total. The Hall–Kier alpha value is -1.00. The molecule has 0 saturated heterocycles. The van der Waals surface area contributed by atoms with Crippen LogP contribution in [0.25, 0.3) is 0 Å². The summed E-state index contributed by atoms with van der Waals surface area (Å²) in [7, 11) is 0. The number of nitrogens with one attached hydrogen (secondary N) is 2. The van der Waals surface area contributed by atoms with E-state index in [9.17, 15) is 4.79 Å². The van der Waals surface area contributed by atoms with Crippen molar-refractivity contribution in [1.82, 2.24) is 10.6 Å². The topological polar surface area (TPSA) is 41.1 Å². The molecule has 0 aromatic heterocycles. The Morgan fingerprint density at radius 2 is 2.05 bits per heavy atom. The molecule has 0 radical (unpaired) electrons. The summed E-state index contributed by atoms with van der Waals surface area (Å²) >= 11 is 1.61. The van der Waals surface area contributed by atoms with Gasteiger partial charge < -0.3 is 10.6 Å². The van der Waals surface area contributed by atoms with Crippen LogP contribution in [-0.4, -0.2) is 23.2 Å². The van der Waals surface area contributed by atoms with Gasteiger partial charge in [-0.25, -0.2) is 0 Å². The zero-order valence-electron chi connectivity index (χ0n) is 13.8. The highest BCUT2D eigenvalue weighted by Gasteiger charge is 2.14. The summed E-state index contributed by atoms with van der Waals surface area (Å²) in [4.78, 5) is 13.0. The quantitative estimate of drug-likeness (QED) is 0.757. The third kappa shape index (κ3) is 7.53. The zero-order valence-corrected chi connectivity index (χ0v) is 14.6. The smallest absolute Gasteiger partial charge is 0.233 e. The number of carbonyl (C=O) groups is 1. The predicted molar refractivity (Wildman–Crippen MR) is 91.7 cm³/mol. The van der Waals surface area contributed by atoms with E-state index >= 15 is 0 Å². The Bertz CT molecular complexity index is 454. The summed E-state index contributed by atoms with van der Waals surface area (Å²) in [5, 5.41) is 6.35. The average molecular weight is 308 g/mol. The number of rotatable bonds is 7. The van der Waals surface area contributed by atoms with E-state index in [0.29, 0.717) is 0 Å². The lowest BCUT2D eigenvalue weighted by molar-refractivity contribution is -0.120. The molecule has 0 aliphatic heterocycles. The number of amides is 1. The van der Waals surface area contributed by atoms with Crippen LogP contribution in [-0.2, 0) is 11.3 Å². The molecule has 0 saturated carbocycles. The van der Waals surface area contributed by atoms with Gasteiger partial charge in [0.1, 0.15) is 0 Å². The van der Waals surface area contributed by atoms with E-state index in [-0.39, 0.29) is 16.7 Å². The van der Waals surface area contributed by atoms with Gasteiger partial charge in [0.15, 0.2) is 0 Å². The molecule has 0 bridgehead atoms. The van der Waals surface area contributed by atoms with Crippen LogP contribution in [0, 0.1) is 0 Å². The second-order valence-corrected chi connectivity index (χ2v) is 7.72. The molecule has 1 amide bonds. The summed E-state index contributed by atoms with van der Waals surface area (Å²) in [5.41, 5.74) is 1.35. The van der Waals surface area contributed by atoms with E-state index in [1.54, 1.807) is 11.8 Å². The Labute approximate surface area is 133 Å². The number of benzene rings is 1. The molecule has 4 heteroatoms. The molecule has 1 aromatic rings. The summed E-state index contributed by atoms with van der Waals surface area (Å²) in [5.74, 6) is 0.111. The van der Waals surface area contributed by atoms with Crippen molar-refractivity contribution in [2.45, 2.75) is 63.3 Å². The Morgan fingerprint density at radius 3 is 2.67 bits per heavy atom. The van der Waals surface area contributed by atoms with Gasteiger partial charge in [-0.3, -0.25) is 4.79 Å². The van der Waals surface area contributed by atoms with Gasteiger partial charge >= 0.3 is 0 Å². The molecule has 1 rings (SSSR count). The SMILES string of the molecule is CCCNC(=O)C(C)Sc1cccc(CNC(C)(C)C)c1. The average Bonchev–Trinajstić information content (AvgIpc) is 2.42. The van der Waals surface area contributed by atoms with Gasteiger partial charge in [-0.15, -0.1) is 11.8 Å². The number of thioether (sulfide) groups is 1. The maximum atomic E-state index is 11.9. The molecule has 0 fully saturated rings. The molecule has 1 unspecified atom stereocenters. The maximum absolute atomic E-state index is 11.9. The first-order valence-corrected chi connectivity index (χ1v) is 8.48. The van der Waals surface area contributed by atoms with Crippen molar-refractivity contribution in [1.29, 1.82) is 0 Å². The van der Waals surface area contributed by atoms with Crippen LogP contribution in [0.2, 0.25) is 0 Å². The predicted octanol–water partition coefficient (Wildman–Crippen LogP) is 3.58. The van der Waals surface area contributed by atoms with Crippen LogP contribution in [0.1, 0.15) is 46.6 Å². The first-order valence-electron chi connectivity index (χ1n) is 7.60. The van der Waals surface area contributed by atoms with E-state index in [4.69, 9.17) is 0 Å². The van der Waals surface area contributed by atoms with Crippen molar-refractivity contribution in [2.75, 3.05) is 6.54 Å². The van der Waals surface area contributed by atoms with E-state index in [0.717, 1.165) is 24.4 Å². The number of hydrogen-bond acceptors (Lipinski definition) is 3. The molecule has 2 N–H and O–H groups in total. The Morgan fingerprint density at radius 1 is 1.33 bits per heavy atom. The van der Waals surface area contributed by atoms with Gasteiger partial charge in [0, 0.05) is 23.5 Å². The van der Waals surface area contributed by atoms with Crippen LogP contribution in [0.5, 0.6) is 0 Å². The summed E-state index contributed by atoms with van der Waals surface area (Å²) in [6.45, 7) is 12.1. The maximum Gasteiger partial charge on any atom is 0.233 e. The second kappa shape index (κ2) is 8.44. The van der Waals surface area contributed by atoms with Gasteiger partial charge in [0.2, 0.25) is 5.91 Å². The van der Waals surface area contributed by atoms with E-state index in [1.165, 1.54) is 5.56 Å². The van der Waals surface area contributed by atoms with Gasteiger partial charge in [-0.1, -0.05) is 19.1 Å². The van der Waals surface area contributed by atoms with Crippen molar-refractivity contribution in [2.24, 2.45) is 0 Å². The molecule has 21 heavy (non-hydrogen) atoms. The molecule has 118 valence electrons. The minimum Gasteiger partial charge on any atom is -0.355 e. The van der Waals surface area contributed by atoms with Gasteiger partial charge in [-0.05, 0) is 51.8 Å². The fraction of sp³-hybridized carbons (Fsp3) is 0.588. The third-order valence-electron chi connectivity index (χ3n) is 2.95. The Balaban J connectivity index is 2.57. The third-order valence-corrected chi connectivity index (χ3v) is 4.05. The molecule has 1 aromatic carbocycles. The fourth-order valence-corrected chi connectivity index (χ4v) is 2.72. The number of carbonyl (C=O) groups excluding carboxylic acids is 1. The molecule has 0 aliphatic carbocycles. The Kier molecular flexibility index (Phi) is 7.26. The van der Waals surface area contributed by atoms with Crippen molar-refractivity contribution < 1.29 is 4.79 Å². The van der Waals surface area contributed by atoms with Crippen molar-refractivity contribution in [3.05, 3.63) is 29.8 Å². The van der Waals surface area contributed by atoms with E-state index < -0.39 is 0 Å². The minimum atomic E-state index is -0.0672. The monoisotopic (exact) mass is 308 g/mol. The van der Waals surface area contributed by atoms with Crippen molar-refractivity contribution in [3.8, 4) is 0 Å². The van der Waals surface area contributed by atoms with Gasteiger partial charge in [0.05, 0.1) is 5.25 Å². The molecule has 0 aliphatic rings. The first-order chi connectivity index (χ1) is 9.81. The molecule has 0 spiro atoms. The summed E-state index contributed by atoms with van der Waals surface area (Å²) in [6.07, 6.45) is 0.969. The molecule has 0 heterocycles. The zero-order chi connectivity index (χ0) is 15.9. The highest BCUT2D eigenvalue weighted by Crippen LogP contribution is 2.24. The minimum absolute atomic E-state index is 0.0672. The second-order valence-electron chi connectivity index (χ2n) is 6.30. The van der Waals surface area contributed by atoms with E-state index in [2.05, 4.69) is 62.6 Å². The normalized spacial score (nSPS) is 13.0. The summed E-state index contributed by atoms with van der Waals surface area (Å²) < 4.78 is 0. The highest BCUT2D eigenvalue weighted by molar-refractivity contribution is 8.00. The highest BCUT2D eigenvalue weighted by atomic mass is 32.2. The van der Waals surface area contributed by atoms with Crippen molar-refractivity contribution >= 4 is 17.7 Å². The lowest BCUT2D eigenvalue weighted by Gasteiger charge is -2.20. The standard InChI is InChI=1S/C17H28N2OS/c1-6-10-18-16(20)13(2)21-15-9-7-8-14(11-15)12-19-17(3,4)5/h7-9,11,13,19H,6,10,12H2,1-5H3,(H,18,20). The fourth-order valence-electron chi connectivity index (χ4n) is 1.75. The molecular weight excluding hydrogens is 280 g/mol. The van der Waals surface area contributed by atoms with E-state index in [1.807, 2.05) is 6.92 Å². The van der Waals surface area contributed by atoms with Crippen LogP contribution < -0.4 is 10.6 Å². The lowest BCUT2D eigenvalue weighted by Crippen LogP contribution is -2.35. The van der Waals surface area contributed by atoms with Crippen LogP contribution in [0.3, 0.4) is 0 Å². The van der Waals surface area contributed by atoms with Gasteiger partial charge in [0.25, 0.3) is 0 Å². The van der Waals surface area contributed by atoms with Crippen LogP contribution in [0.15, 0.2) is 29.2 Å². The summed E-state index contributed by atoms with van der Waals surface area (Å²) in [6, 6.07) is 8.39. The largest absolute Gasteiger partial charge is 0.355 e. The molecule has 1 atom stereocenters. The number of hydrogen-bond donors (Lipinski definition) is 2. The van der Waals surface area contributed by atoms with Crippen molar-refractivity contribution in [3.63, 3.8) is 0 Å². The van der Waals surface area contributed by atoms with Gasteiger partial charge in [-0.2, -0.15) is 0 Å². The lowest BCUT2D eigenvalue weighted by atomic mass is 10.1. The van der Waals surface area contributed by atoms with Crippen LogP contribution >= 0.6 is 11.8 Å².